The molecule has 0 spiro atoms. The number of likely N-dealkylation sites (tertiary alicyclic amines) is 1. The molecule has 1 unspecified atom stereocenters. The van der Waals surface area contributed by atoms with Gasteiger partial charge in [0.15, 0.2) is 0 Å². The monoisotopic (exact) mass is 288 g/mol. The molecule has 4 heteroatoms. The third kappa shape index (κ3) is 4.30. The van der Waals surface area contributed by atoms with Crippen molar-refractivity contribution in [1.29, 1.82) is 0 Å². The maximum atomic E-state index is 14.1. The molecule has 112 valence electrons. The van der Waals surface area contributed by atoms with E-state index in [4.69, 9.17) is 5.73 Å². The Labute approximate surface area is 125 Å². The van der Waals surface area contributed by atoms with Gasteiger partial charge in [0, 0.05) is 30.6 Å². The number of nitrogens with two attached hydrogens (primary N) is 1. The molecular weight excluding hydrogens is 267 g/mol. The minimum Gasteiger partial charge on any atom is -0.338 e. The Balaban J connectivity index is 2.10. The maximum absolute atomic E-state index is 14.1. The Kier molecular flexibility index (Phi) is 5.35. The second-order valence-electron chi connectivity index (χ2n) is 5.56. The first-order valence-corrected chi connectivity index (χ1v) is 7.35. The van der Waals surface area contributed by atoms with Crippen molar-refractivity contribution >= 4 is 5.91 Å². The molecule has 1 atom stereocenters. The Morgan fingerprint density at radius 2 is 2.24 bits per heavy atom. The van der Waals surface area contributed by atoms with E-state index in [0.717, 1.165) is 12.8 Å². The van der Waals surface area contributed by atoms with Crippen molar-refractivity contribution < 1.29 is 9.18 Å². The first-order chi connectivity index (χ1) is 10.1. The van der Waals surface area contributed by atoms with Gasteiger partial charge in [-0.05, 0) is 30.9 Å². The SMILES string of the molecule is CC1CCC(=O)N(Cc2ccc(C#CCN)cc2F)CC1. The van der Waals surface area contributed by atoms with Crippen LogP contribution in [0.5, 0.6) is 0 Å². The summed E-state index contributed by atoms with van der Waals surface area (Å²) in [7, 11) is 0. The lowest BCUT2D eigenvalue weighted by Crippen LogP contribution is -2.30. The molecule has 1 amide bonds. The lowest BCUT2D eigenvalue weighted by Gasteiger charge is -2.21. The van der Waals surface area contributed by atoms with Gasteiger partial charge in [-0.1, -0.05) is 24.8 Å². The number of benzene rings is 1. The topological polar surface area (TPSA) is 46.3 Å². The van der Waals surface area contributed by atoms with Crippen LogP contribution in [0.2, 0.25) is 0 Å². The van der Waals surface area contributed by atoms with E-state index in [-0.39, 0.29) is 18.3 Å². The Bertz CT molecular complexity index is 574. The average molecular weight is 288 g/mol. The van der Waals surface area contributed by atoms with Crippen molar-refractivity contribution in [2.75, 3.05) is 13.1 Å². The summed E-state index contributed by atoms with van der Waals surface area (Å²) in [6, 6.07) is 4.88. The number of rotatable bonds is 2. The van der Waals surface area contributed by atoms with Crippen molar-refractivity contribution in [2.45, 2.75) is 32.7 Å². The van der Waals surface area contributed by atoms with Crippen LogP contribution in [0.3, 0.4) is 0 Å². The molecule has 21 heavy (non-hydrogen) atoms. The summed E-state index contributed by atoms with van der Waals surface area (Å²) < 4.78 is 14.1. The summed E-state index contributed by atoms with van der Waals surface area (Å²) in [6.07, 6.45) is 2.46. The molecule has 0 saturated carbocycles. The van der Waals surface area contributed by atoms with Crippen LogP contribution >= 0.6 is 0 Å². The molecule has 0 aliphatic carbocycles. The number of hydrogen-bond donors (Lipinski definition) is 1. The Morgan fingerprint density at radius 3 is 2.95 bits per heavy atom. The zero-order valence-corrected chi connectivity index (χ0v) is 12.4. The molecular formula is C17H21FN2O. The molecule has 1 aromatic rings. The second kappa shape index (κ2) is 7.24. The fourth-order valence-electron chi connectivity index (χ4n) is 2.45. The van der Waals surface area contributed by atoms with Crippen molar-refractivity contribution in [3.63, 3.8) is 0 Å². The third-order valence-electron chi connectivity index (χ3n) is 3.84. The predicted octanol–water partition coefficient (Wildman–Crippen LogP) is 2.28. The smallest absolute Gasteiger partial charge is 0.222 e. The van der Waals surface area contributed by atoms with Crippen LogP contribution < -0.4 is 5.73 Å². The van der Waals surface area contributed by atoms with E-state index >= 15 is 0 Å². The van der Waals surface area contributed by atoms with Crippen molar-refractivity contribution in [2.24, 2.45) is 11.7 Å². The first kappa shape index (κ1) is 15.5. The highest BCUT2D eigenvalue weighted by Crippen LogP contribution is 2.20. The number of carbonyl (C=O) groups excluding carboxylic acids is 1. The van der Waals surface area contributed by atoms with E-state index in [2.05, 4.69) is 18.8 Å². The fourth-order valence-corrected chi connectivity index (χ4v) is 2.45. The Morgan fingerprint density at radius 1 is 1.43 bits per heavy atom. The Hall–Kier alpha value is -1.86. The normalized spacial score (nSPS) is 18.9. The van der Waals surface area contributed by atoms with Gasteiger partial charge in [-0.15, -0.1) is 0 Å². The van der Waals surface area contributed by atoms with Gasteiger partial charge in [-0.2, -0.15) is 0 Å². The van der Waals surface area contributed by atoms with Gasteiger partial charge in [0.05, 0.1) is 6.54 Å². The first-order valence-electron chi connectivity index (χ1n) is 7.35. The van der Waals surface area contributed by atoms with E-state index < -0.39 is 0 Å². The average Bonchev–Trinajstić information content (AvgIpc) is 2.63. The van der Waals surface area contributed by atoms with Gasteiger partial charge in [-0.3, -0.25) is 4.79 Å². The van der Waals surface area contributed by atoms with E-state index in [0.29, 0.717) is 36.6 Å². The molecule has 1 aliphatic heterocycles. The molecule has 1 fully saturated rings. The number of hydrogen-bond acceptors (Lipinski definition) is 2. The van der Waals surface area contributed by atoms with Gasteiger partial charge in [0.2, 0.25) is 5.91 Å². The summed E-state index contributed by atoms with van der Waals surface area (Å²) >= 11 is 0. The molecule has 0 aromatic heterocycles. The molecule has 1 aromatic carbocycles. The van der Waals surface area contributed by atoms with E-state index in [1.165, 1.54) is 6.07 Å². The molecule has 1 saturated heterocycles. The molecule has 2 N–H and O–H groups in total. The van der Waals surface area contributed by atoms with E-state index in [1.807, 2.05) is 0 Å². The van der Waals surface area contributed by atoms with Crippen LogP contribution in [0.1, 0.15) is 37.3 Å². The summed E-state index contributed by atoms with van der Waals surface area (Å²) in [5, 5.41) is 0. The number of nitrogens with zero attached hydrogens (tertiary/aromatic N) is 1. The van der Waals surface area contributed by atoms with E-state index in [9.17, 15) is 9.18 Å². The summed E-state index contributed by atoms with van der Waals surface area (Å²) in [5.74, 6) is 5.86. The highest BCUT2D eigenvalue weighted by molar-refractivity contribution is 5.76. The zero-order valence-electron chi connectivity index (χ0n) is 12.4. The highest BCUT2D eigenvalue weighted by Gasteiger charge is 2.21. The van der Waals surface area contributed by atoms with Crippen LogP contribution in [0.25, 0.3) is 0 Å². The van der Waals surface area contributed by atoms with Crippen LogP contribution in [-0.2, 0) is 11.3 Å². The predicted molar refractivity (Wildman–Crippen MR) is 80.8 cm³/mol. The molecule has 0 radical (unpaired) electrons. The lowest BCUT2D eigenvalue weighted by molar-refractivity contribution is -0.131. The van der Waals surface area contributed by atoms with Crippen LogP contribution in [0, 0.1) is 23.6 Å². The van der Waals surface area contributed by atoms with Gasteiger partial charge < -0.3 is 10.6 Å². The largest absolute Gasteiger partial charge is 0.338 e. The van der Waals surface area contributed by atoms with Crippen LogP contribution in [0.15, 0.2) is 18.2 Å². The van der Waals surface area contributed by atoms with Crippen molar-refractivity contribution in [3.8, 4) is 11.8 Å². The van der Waals surface area contributed by atoms with Gasteiger partial charge >= 0.3 is 0 Å². The fraction of sp³-hybridized carbons (Fsp3) is 0.471. The second-order valence-corrected chi connectivity index (χ2v) is 5.56. The van der Waals surface area contributed by atoms with Gasteiger partial charge in [0.1, 0.15) is 5.82 Å². The van der Waals surface area contributed by atoms with Crippen LogP contribution in [-0.4, -0.2) is 23.9 Å². The van der Waals surface area contributed by atoms with E-state index in [1.54, 1.807) is 17.0 Å². The zero-order chi connectivity index (χ0) is 15.2. The minimum absolute atomic E-state index is 0.116. The number of halogens is 1. The van der Waals surface area contributed by atoms with Crippen molar-refractivity contribution in [3.05, 3.63) is 35.1 Å². The molecule has 0 bridgehead atoms. The molecule has 1 heterocycles. The summed E-state index contributed by atoms with van der Waals surface area (Å²) in [6.45, 7) is 3.45. The van der Waals surface area contributed by atoms with Gasteiger partial charge in [0.25, 0.3) is 0 Å². The van der Waals surface area contributed by atoms with Gasteiger partial charge in [-0.25, -0.2) is 4.39 Å². The van der Waals surface area contributed by atoms with Crippen LogP contribution in [0.4, 0.5) is 4.39 Å². The maximum Gasteiger partial charge on any atom is 0.222 e. The highest BCUT2D eigenvalue weighted by atomic mass is 19.1. The molecule has 2 rings (SSSR count). The lowest BCUT2D eigenvalue weighted by atomic mass is 10.0. The number of amides is 1. The standard InChI is InChI=1S/C17H21FN2O/c1-13-4-7-17(21)20(10-8-13)12-15-6-5-14(3-2-9-19)11-16(15)18/h5-6,11,13H,4,7-10,12,19H2,1H3. The van der Waals surface area contributed by atoms with Crippen molar-refractivity contribution in [1.82, 2.24) is 4.90 Å². The minimum atomic E-state index is -0.316. The third-order valence-corrected chi connectivity index (χ3v) is 3.84. The number of carbonyl (C=O) groups is 1. The molecule has 1 aliphatic rings. The summed E-state index contributed by atoms with van der Waals surface area (Å²) in [4.78, 5) is 13.8. The summed E-state index contributed by atoms with van der Waals surface area (Å²) in [5.41, 5.74) is 6.44. The molecule has 3 nitrogen and oxygen atoms in total. The quantitative estimate of drug-likeness (QED) is 0.849.